The summed E-state index contributed by atoms with van der Waals surface area (Å²) in [6.45, 7) is 7.40. The molecule has 3 aromatic carbocycles. The van der Waals surface area contributed by atoms with E-state index in [1.165, 1.54) is 16.7 Å². The summed E-state index contributed by atoms with van der Waals surface area (Å²) in [4.78, 5) is 5.48. The lowest BCUT2D eigenvalue weighted by Crippen LogP contribution is -2.06. The Morgan fingerprint density at radius 2 is 1.41 bits per heavy atom. The van der Waals surface area contributed by atoms with Gasteiger partial charge in [-0.1, -0.05) is 92.7 Å². The monoisotopic (exact) mass is 387 g/mol. The van der Waals surface area contributed by atoms with E-state index in [-0.39, 0.29) is 0 Å². The Kier molecular flexibility index (Phi) is 7.46. The average Bonchev–Trinajstić information content (AvgIpc) is 2.77. The highest BCUT2D eigenvalue weighted by Crippen LogP contribution is 2.23. The highest BCUT2D eigenvalue weighted by atomic mass is 16.6. The molecule has 0 aliphatic rings. The van der Waals surface area contributed by atoms with Crippen molar-refractivity contribution in [2.45, 2.75) is 33.1 Å². The lowest BCUT2D eigenvalue weighted by molar-refractivity contribution is 0.107. The van der Waals surface area contributed by atoms with Gasteiger partial charge in [-0.15, -0.1) is 0 Å². The van der Waals surface area contributed by atoms with Gasteiger partial charge in [-0.25, -0.2) is 0 Å². The number of rotatable bonds is 9. The molecule has 3 heteroatoms. The topological polar surface area (TPSA) is 30.8 Å². The van der Waals surface area contributed by atoms with Crippen LogP contribution in [0.3, 0.4) is 0 Å². The van der Waals surface area contributed by atoms with Gasteiger partial charge in [0.25, 0.3) is 0 Å². The number of ether oxygens (including phenoxy) is 1. The summed E-state index contributed by atoms with van der Waals surface area (Å²) in [5, 5.41) is 4.31. The Balaban J connectivity index is 1.57. The van der Waals surface area contributed by atoms with Crippen molar-refractivity contribution < 1.29 is 9.57 Å². The first-order valence-corrected chi connectivity index (χ1v) is 10.2. The molecule has 3 nitrogen and oxygen atoms in total. The molecule has 0 aliphatic carbocycles. The van der Waals surface area contributed by atoms with E-state index < -0.39 is 0 Å². The quantitative estimate of drug-likeness (QED) is 0.233. The zero-order valence-electron chi connectivity index (χ0n) is 17.5. The number of nitrogens with zero attached hydrogens (tertiary/aromatic N) is 1. The molecule has 0 bridgehead atoms. The molecule has 0 saturated heterocycles. The zero-order valence-corrected chi connectivity index (χ0v) is 17.5. The van der Waals surface area contributed by atoms with Crippen LogP contribution in [0.25, 0.3) is 11.1 Å². The van der Waals surface area contributed by atoms with Gasteiger partial charge in [0, 0.05) is 0 Å². The Bertz CT molecular complexity index is 898. The second-order valence-corrected chi connectivity index (χ2v) is 7.24. The first-order chi connectivity index (χ1) is 14.2. The fourth-order valence-corrected chi connectivity index (χ4v) is 3.07. The van der Waals surface area contributed by atoms with Crippen LogP contribution in [0.1, 0.15) is 44.2 Å². The first kappa shape index (κ1) is 20.7. The maximum absolute atomic E-state index is 5.62. The highest BCUT2D eigenvalue weighted by Gasteiger charge is 2.05. The normalized spacial score (nSPS) is 11.5. The summed E-state index contributed by atoms with van der Waals surface area (Å²) in [5.74, 6) is 1.39. The van der Waals surface area contributed by atoms with Crippen LogP contribution < -0.4 is 4.74 Å². The third-order valence-corrected chi connectivity index (χ3v) is 4.82. The molecule has 0 saturated carbocycles. The smallest absolute Gasteiger partial charge is 0.151 e. The van der Waals surface area contributed by atoms with Crippen LogP contribution >= 0.6 is 0 Å². The molecule has 0 aliphatic heterocycles. The molecule has 0 amide bonds. The van der Waals surface area contributed by atoms with Crippen molar-refractivity contribution in [2.24, 2.45) is 5.16 Å². The summed E-state index contributed by atoms with van der Waals surface area (Å²) >= 11 is 0. The zero-order chi connectivity index (χ0) is 20.5. The van der Waals surface area contributed by atoms with Gasteiger partial charge in [-0.05, 0) is 46.7 Å². The maximum atomic E-state index is 5.62. The Hall–Kier alpha value is -3.07. The van der Waals surface area contributed by atoms with Crippen molar-refractivity contribution in [2.75, 3.05) is 13.2 Å². The van der Waals surface area contributed by atoms with E-state index >= 15 is 0 Å². The van der Waals surface area contributed by atoms with E-state index in [1.807, 2.05) is 30.3 Å². The molecular weight excluding hydrogens is 358 g/mol. The Labute approximate surface area is 174 Å². The van der Waals surface area contributed by atoms with Crippen LogP contribution in [0.5, 0.6) is 5.75 Å². The number of benzene rings is 3. The lowest BCUT2D eigenvalue weighted by atomic mass is 9.97. The van der Waals surface area contributed by atoms with E-state index in [1.54, 1.807) is 0 Å². The minimum Gasteiger partial charge on any atom is -0.490 e. The Morgan fingerprint density at radius 3 is 2.00 bits per heavy atom. The number of hydrogen-bond donors (Lipinski definition) is 0. The molecule has 0 fully saturated rings. The van der Waals surface area contributed by atoms with Crippen molar-refractivity contribution in [3.63, 3.8) is 0 Å². The fraction of sp³-hybridized carbons (Fsp3) is 0.269. The molecule has 0 N–H and O–H groups in total. The third-order valence-electron chi connectivity index (χ3n) is 4.82. The summed E-state index contributed by atoms with van der Waals surface area (Å²) in [7, 11) is 0. The standard InChI is InChI=1S/C26H29NO2/c1-4-26(27-29-19-18-28-25-8-6-5-7-9-25)24-16-14-23(15-17-24)22-12-10-21(11-13-22)20(2)3/h5-17,20H,4,18-19H2,1-3H3. The van der Waals surface area contributed by atoms with E-state index in [0.29, 0.717) is 19.1 Å². The molecular formula is C26H29NO2. The van der Waals surface area contributed by atoms with Crippen LogP contribution in [0, 0.1) is 0 Å². The van der Waals surface area contributed by atoms with Gasteiger partial charge in [0.15, 0.2) is 6.61 Å². The summed E-state index contributed by atoms with van der Waals surface area (Å²) in [5.41, 5.74) is 5.81. The van der Waals surface area contributed by atoms with Crippen LogP contribution in [0.15, 0.2) is 84.0 Å². The fourth-order valence-electron chi connectivity index (χ4n) is 3.07. The van der Waals surface area contributed by atoms with Gasteiger partial charge in [0.1, 0.15) is 12.4 Å². The number of hydrogen-bond acceptors (Lipinski definition) is 3. The second kappa shape index (κ2) is 10.5. The molecule has 29 heavy (non-hydrogen) atoms. The van der Waals surface area contributed by atoms with Crippen LogP contribution in [-0.2, 0) is 4.84 Å². The van der Waals surface area contributed by atoms with E-state index in [2.05, 4.69) is 74.5 Å². The van der Waals surface area contributed by atoms with Gasteiger partial charge in [0.05, 0.1) is 5.71 Å². The van der Waals surface area contributed by atoms with E-state index in [0.717, 1.165) is 23.4 Å². The average molecular weight is 388 g/mol. The molecule has 150 valence electrons. The first-order valence-electron chi connectivity index (χ1n) is 10.2. The van der Waals surface area contributed by atoms with Gasteiger partial charge < -0.3 is 9.57 Å². The molecule has 0 unspecified atom stereocenters. The van der Waals surface area contributed by atoms with E-state index in [9.17, 15) is 0 Å². The SMILES string of the molecule is CCC(=NOCCOc1ccccc1)c1ccc(-c2ccc(C(C)C)cc2)cc1. The predicted octanol–water partition coefficient (Wildman–Crippen LogP) is 6.69. The van der Waals surface area contributed by atoms with E-state index in [4.69, 9.17) is 9.57 Å². The number of oxime groups is 1. The maximum Gasteiger partial charge on any atom is 0.151 e. The molecule has 0 aromatic heterocycles. The lowest BCUT2D eigenvalue weighted by Gasteiger charge is -2.09. The van der Waals surface area contributed by atoms with Crippen LogP contribution in [-0.4, -0.2) is 18.9 Å². The molecule has 0 radical (unpaired) electrons. The largest absolute Gasteiger partial charge is 0.490 e. The Morgan fingerprint density at radius 1 is 0.793 bits per heavy atom. The van der Waals surface area contributed by atoms with Gasteiger partial charge >= 0.3 is 0 Å². The third kappa shape index (κ3) is 5.95. The number of para-hydroxylation sites is 1. The molecule has 3 rings (SSSR count). The minimum absolute atomic E-state index is 0.415. The minimum atomic E-state index is 0.415. The second-order valence-electron chi connectivity index (χ2n) is 7.24. The molecule has 0 heterocycles. The van der Waals surface area contributed by atoms with Crippen LogP contribution in [0.2, 0.25) is 0 Å². The van der Waals surface area contributed by atoms with Crippen molar-refractivity contribution in [1.82, 2.24) is 0 Å². The van der Waals surface area contributed by atoms with Crippen molar-refractivity contribution in [3.05, 3.63) is 90.0 Å². The van der Waals surface area contributed by atoms with Crippen molar-refractivity contribution >= 4 is 5.71 Å². The summed E-state index contributed by atoms with van der Waals surface area (Å²) < 4.78 is 5.62. The highest BCUT2D eigenvalue weighted by molar-refractivity contribution is 6.00. The van der Waals surface area contributed by atoms with Gasteiger partial charge in [-0.3, -0.25) is 0 Å². The van der Waals surface area contributed by atoms with Crippen molar-refractivity contribution in [3.8, 4) is 16.9 Å². The van der Waals surface area contributed by atoms with Crippen molar-refractivity contribution in [1.29, 1.82) is 0 Å². The molecule has 3 aromatic rings. The van der Waals surface area contributed by atoms with Gasteiger partial charge in [0.2, 0.25) is 0 Å². The molecule has 0 atom stereocenters. The molecule has 0 spiro atoms. The summed E-state index contributed by atoms with van der Waals surface area (Å²) in [6, 6.07) is 27.0. The van der Waals surface area contributed by atoms with Crippen LogP contribution in [0.4, 0.5) is 0 Å². The van der Waals surface area contributed by atoms with Gasteiger partial charge in [-0.2, -0.15) is 0 Å². The summed E-state index contributed by atoms with van der Waals surface area (Å²) in [6.07, 6.45) is 0.808. The predicted molar refractivity (Wildman–Crippen MR) is 121 cm³/mol.